The molecule has 2 N–H and O–H groups in total. The predicted octanol–water partition coefficient (Wildman–Crippen LogP) is 4.94. The van der Waals surface area contributed by atoms with E-state index in [1.807, 2.05) is 0 Å². The first-order chi connectivity index (χ1) is 8.50. The molecular formula is C13H9BrCl2FN. The lowest BCUT2D eigenvalue weighted by molar-refractivity contribution is 0.598. The summed E-state index contributed by atoms with van der Waals surface area (Å²) in [6.07, 6.45) is 0. The Morgan fingerprint density at radius 3 is 2.56 bits per heavy atom. The van der Waals surface area contributed by atoms with Gasteiger partial charge in [0.05, 0.1) is 6.04 Å². The molecule has 0 aliphatic heterocycles. The molecule has 0 saturated heterocycles. The van der Waals surface area contributed by atoms with Crippen LogP contribution in [-0.4, -0.2) is 0 Å². The van der Waals surface area contributed by atoms with Crippen LogP contribution in [0.3, 0.4) is 0 Å². The second-order valence-corrected chi connectivity index (χ2v) is 5.48. The van der Waals surface area contributed by atoms with Gasteiger partial charge in [-0.15, -0.1) is 0 Å². The van der Waals surface area contributed by atoms with Crippen LogP contribution in [0.5, 0.6) is 0 Å². The molecule has 0 aliphatic carbocycles. The first-order valence-corrected chi connectivity index (χ1v) is 6.70. The number of rotatable bonds is 2. The van der Waals surface area contributed by atoms with Crippen LogP contribution in [0.15, 0.2) is 40.9 Å². The van der Waals surface area contributed by atoms with Crippen LogP contribution in [-0.2, 0) is 0 Å². The van der Waals surface area contributed by atoms with Crippen molar-refractivity contribution in [2.45, 2.75) is 6.04 Å². The van der Waals surface area contributed by atoms with Gasteiger partial charge in [-0.3, -0.25) is 0 Å². The lowest BCUT2D eigenvalue weighted by atomic mass is 9.99. The quantitative estimate of drug-likeness (QED) is 0.816. The first kappa shape index (κ1) is 13.8. The fourth-order valence-corrected chi connectivity index (χ4v) is 2.72. The smallest absolute Gasteiger partial charge is 0.129 e. The van der Waals surface area contributed by atoms with Gasteiger partial charge in [0.2, 0.25) is 0 Å². The van der Waals surface area contributed by atoms with Crippen molar-refractivity contribution < 1.29 is 4.39 Å². The molecule has 2 aromatic rings. The van der Waals surface area contributed by atoms with Crippen molar-refractivity contribution in [3.63, 3.8) is 0 Å². The molecule has 0 bridgehead atoms. The maximum atomic E-state index is 13.8. The Balaban J connectivity index is 2.54. The average molecular weight is 349 g/mol. The minimum absolute atomic E-state index is 0.363. The molecule has 94 valence electrons. The highest BCUT2D eigenvalue weighted by Gasteiger charge is 2.19. The van der Waals surface area contributed by atoms with Crippen molar-refractivity contribution in [3.8, 4) is 0 Å². The van der Waals surface area contributed by atoms with Crippen molar-refractivity contribution >= 4 is 39.1 Å². The molecule has 2 aromatic carbocycles. The Labute approximate surface area is 123 Å². The fraction of sp³-hybridized carbons (Fsp3) is 0.0769. The van der Waals surface area contributed by atoms with Gasteiger partial charge in [-0.25, -0.2) is 4.39 Å². The van der Waals surface area contributed by atoms with E-state index in [0.29, 0.717) is 25.6 Å². The third-order valence-electron chi connectivity index (χ3n) is 2.60. The molecule has 1 unspecified atom stereocenters. The molecule has 0 fully saturated rings. The lowest BCUT2D eigenvalue weighted by Crippen LogP contribution is -2.15. The molecule has 0 aliphatic rings. The minimum atomic E-state index is -0.674. The van der Waals surface area contributed by atoms with Crippen LogP contribution in [0.2, 0.25) is 10.0 Å². The summed E-state index contributed by atoms with van der Waals surface area (Å²) in [4.78, 5) is 0. The monoisotopic (exact) mass is 347 g/mol. The highest BCUT2D eigenvalue weighted by Crippen LogP contribution is 2.33. The molecule has 0 saturated carbocycles. The van der Waals surface area contributed by atoms with Crippen molar-refractivity contribution in [1.29, 1.82) is 0 Å². The SMILES string of the molecule is NC(c1cc(Cl)ccc1Cl)c1c(F)cccc1Br. The Morgan fingerprint density at radius 1 is 1.17 bits per heavy atom. The van der Waals surface area contributed by atoms with Crippen LogP contribution in [0.1, 0.15) is 17.2 Å². The summed E-state index contributed by atoms with van der Waals surface area (Å²) in [6, 6.07) is 8.98. The molecule has 0 aromatic heterocycles. The van der Waals surface area contributed by atoms with E-state index in [2.05, 4.69) is 15.9 Å². The van der Waals surface area contributed by atoms with Crippen molar-refractivity contribution in [2.24, 2.45) is 5.73 Å². The summed E-state index contributed by atoms with van der Waals surface area (Å²) >= 11 is 15.3. The molecule has 2 rings (SSSR count). The number of nitrogens with two attached hydrogens (primary N) is 1. The Bertz CT molecular complexity index is 569. The predicted molar refractivity (Wildman–Crippen MR) is 76.6 cm³/mol. The zero-order chi connectivity index (χ0) is 13.3. The standard InChI is InChI=1S/C13H9BrCl2FN/c14-9-2-1-3-11(17)12(9)13(18)8-6-7(15)4-5-10(8)16/h1-6,13H,18H2. The van der Waals surface area contributed by atoms with E-state index in [9.17, 15) is 4.39 Å². The number of hydrogen-bond acceptors (Lipinski definition) is 1. The zero-order valence-corrected chi connectivity index (χ0v) is 12.2. The Hall–Kier alpha value is -0.610. The van der Waals surface area contributed by atoms with E-state index in [1.165, 1.54) is 6.07 Å². The maximum absolute atomic E-state index is 13.8. The van der Waals surface area contributed by atoms with E-state index < -0.39 is 6.04 Å². The van der Waals surface area contributed by atoms with Gasteiger partial charge in [-0.05, 0) is 35.9 Å². The normalized spacial score (nSPS) is 12.5. The van der Waals surface area contributed by atoms with E-state index >= 15 is 0 Å². The van der Waals surface area contributed by atoms with Crippen LogP contribution in [0.25, 0.3) is 0 Å². The van der Waals surface area contributed by atoms with E-state index in [-0.39, 0.29) is 5.82 Å². The van der Waals surface area contributed by atoms with Crippen LogP contribution in [0, 0.1) is 5.82 Å². The molecule has 5 heteroatoms. The molecule has 0 amide bonds. The molecule has 0 radical (unpaired) electrons. The largest absolute Gasteiger partial charge is 0.320 e. The van der Waals surface area contributed by atoms with Gasteiger partial charge in [-0.1, -0.05) is 45.2 Å². The second kappa shape index (κ2) is 5.57. The summed E-state index contributed by atoms with van der Waals surface area (Å²) in [6.45, 7) is 0. The van der Waals surface area contributed by atoms with Gasteiger partial charge in [-0.2, -0.15) is 0 Å². The number of benzene rings is 2. The average Bonchev–Trinajstić information content (AvgIpc) is 2.32. The van der Waals surface area contributed by atoms with Crippen LogP contribution >= 0.6 is 39.1 Å². The molecule has 1 atom stereocenters. The summed E-state index contributed by atoms with van der Waals surface area (Å²) < 4.78 is 14.4. The first-order valence-electron chi connectivity index (χ1n) is 5.15. The van der Waals surface area contributed by atoms with Gasteiger partial charge >= 0.3 is 0 Å². The molecule has 1 nitrogen and oxygen atoms in total. The number of hydrogen-bond donors (Lipinski definition) is 1. The molecule has 0 spiro atoms. The van der Waals surface area contributed by atoms with Gasteiger partial charge < -0.3 is 5.73 Å². The summed E-state index contributed by atoms with van der Waals surface area (Å²) in [5.74, 6) is -0.382. The van der Waals surface area contributed by atoms with Gasteiger partial charge in [0.25, 0.3) is 0 Å². The van der Waals surface area contributed by atoms with E-state index in [0.717, 1.165) is 0 Å². The van der Waals surface area contributed by atoms with Crippen molar-refractivity contribution in [1.82, 2.24) is 0 Å². The van der Waals surface area contributed by atoms with E-state index in [1.54, 1.807) is 30.3 Å². The summed E-state index contributed by atoms with van der Waals surface area (Å²) in [7, 11) is 0. The summed E-state index contributed by atoms with van der Waals surface area (Å²) in [5.41, 5.74) is 7.03. The molecular weight excluding hydrogens is 340 g/mol. The highest BCUT2D eigenvalue weighted by molar-refractivity contribution is 9.10. The minimum Gasteiger partial charge on any atom is -0.320 e. The number of halogens is 4. The summed E-state index contributed by atoms with van der Waals surface area (Å²) in [5, 5.41) is 0.972. The van der Waals surface area contributed by atoms with Crippen molar-refractivity contribution in [2.75, 3.05) is 0 Å². The highest BCUT2D eigenvalue weighted by atomic mass is 79.9. The Kier molecular flexibility index (Phi) is 4.28. The zero-order valence-electron chi connectivity index (χ0n) is 9.13. The van der Waals surface area contributed by atoms with Crippen molar-refractivity contribution in [3.05, 3.63) is 67.9 Å². The Morgan fingerprint density at radius 2 is 1.89 bits per heavy atom. The van der Waals surface area contributed by atoms with Gasteiger partial charge in [0, 0.05) is 20.1 Å². The van der Waals surface area contributed by atoms with Crippen LogP contribution < -0.4 is 5.73 Å². The maximum Gasteiger partial charge on any atom is 0.129 e. The van der Waals surface area contributed by atoms with Crippen LogP contribution in [0.4, 0.5) is 4.39 Å². The topological polar surface area (TPSA) is 26.0 Å². The van der Waals surface area contributed by atoms with Gasteiger partial charge in [0.1, 0.15) is 5.82 Å². The molecule has 0 heterocycles. The third-order valence-corrected chi connectivity index (χ3v) is 3.87. The lowest BCUT2D eigenvalue weighted by Gasteiger charge is -2.17. The third kappa shape index (κ3) is 2.69. The second-order valence-electron chi connectivity index (χ2n) is 3.78. The molecule has 18 heavy (non-hydrogen) atoms. The van der Waals surface area contributed by atoms with Gasteiger partial charge in [0.15, 0.2) is 0 Å². The fourth-order valence-electron chi connectivity index (χ4n) is 1.72. The van der Waals surface area contributed by atoms with E-state index in [4.69, 9.17) is 28.9 Å².